The molecular weight excluding hydrogens is 146 g/mol. The zero-order valence-electron chi connectivity index (χ0n) is 9.48. The van der Waals surface area contributed by atoms with Gasteiger partial charge in [-0.1, -0.05) is 41.0 Å². The molecule has 0 atom stereocenters. The average Bonchev–Trinajstić information content (AvgIpc) is 2.65. The number of nitrogens with zero attached hydrogens (tertiary/aromatic N) is 1. The summed E-state index contributed by atoms with van der Waals surface area (Å²) < 4.78 is 0. The Hall–Kier alpha value is -0.330. The van der Waals surface area contributed by atoms with Crippen LogP contribution in [0.4, 0.5) is 0 Å². The van der Waals surface area contributed by atoms with E-state index < -0.39 is 0 Å². The van der Waals surface area contributed by atoms with E-state index in [1.165, 1.54) is 31.4 Å². The summed E-state index contributed by atoms with van der Waals surface area (Å²) in [5.41, 5.74) is 1.45. The monoisotopic (exact) mass is 171 g/mol. The van der Waals surface area contributed by atoms with Gasteiger partial charge in [-0.25, -0.2) is 0 Å². The Bertz CT molecular complexity index is 95.2. The molecule has 0 saturated heterocycles. The topological polar surface area (TPSA) is 12.4 Å². The zero-order valence-corrected chi connectivity index (χ0v) is 9.48. The van der Waals surface area contributed by atoms with Gasteiger partial charge in [0.05, 0.1) is 0 Å². The molecule has 0 fully saturated rings. The van der Waals surface area contributed by atoms with Crippen molar-refractivity contribution in [3.63, 3.8) is 0 Å². The van der Waals surface area contributed by atoms with E-state index >= 15 is 0 Å². The summed E-state index contributed by atoms with van der Waals surface area (Å²) in [5.74, 6) is 0. The maximum atomic E-state index is 4.34. The number of hydrogen-bond donors (Lipinski definition) is 0. The number of rotatable bonds is 2. The normalized spacial score (nSPS) is 13.6. The SMILES string of the molecule is CC.CC.CCCC1=NCCC1. The molecule has 1 nitrogen and oxygen atoms in total. The van der Waals surface area contributed by atoms with E-state index in [4.69, 9.17) is 0 Å². The van der Waals surface area contributed by atoms with Gasteiger partial charge in [-0.2, -0.15) is 0 Å². The van der Waals surface area contributed by atoms with Crippen LogP contribution in [-0.4, -0.2) is 12.3 Å². The van der Waals surface area contributed by atoms with E-state index in [0.717, 1.165) is 6.54 Å². The molecule has 12 heavy (non-hydrogen) atoms. The lowest BCUT2D eigenvalue weighted by Crippen LogP contribution is -1.89. The smallest absolute Gasteiger partial charge is 0.0392 e. The zero-order chi connectivity index (χ0) is 9.82. The third kappa shape index (κ3) is 7.77. The van der Waals surface area contributed by atoms with Gasteiger partial charge in [0.15, 0.2) is 0 Å². The summed E-state index contributed by atoms with van der Waals surface area (Å²) in [5, 5.41) is 0. The van der Waals surface area contributed by atoms with Crippen LogP contribution in [0.2, 0.25) is 0 Å². The van der Waals surface area contributed by atoms with Crippen molar-refractivity contribution in [1.29, 1.82) is 0 Å². The lowest BCUT2D eigenvalue weighted by atomic mass is 10.2. The summed E-state index contributed by atoms with van der Waals surface area (Å²) in [6.07, 6.45) is 5.07. The molecule has 1 aliphatic rings. The van der Waals surface area contributed by atoms with E-state index in [1.54, 1.807) is 0 Å². The number of aliphatic imine (C=N–C) groups is 1. The third-order valence-corrected chi connectivity index (χ3v) is 1.50. The van der Waals surface area contributed by atoms with Crippen molar-refractivity contribution in [2.45, 2.75) is 60.3 Å². The standard InChI is InChI=1S/C7H13N.2C2H6/c1-2-4-7-5-3-6-8-7;2*1-2/h2-6H2,1H3;2*1-2H3. The van der Waals surface area contributed by atoms with E-state index in [-0.39, 0.29) is 0 Å². The Balaban J connectivity index is 0. The highest BCUT2D eigenvalue weighted by atomic mass is 14.8. The highest BCUT2D eigenvalue weighted by Gasteiger charge is 2.02. The average molecular weight is 171 g/mol. The van der Waals surface area contributed by atoms with Crippen molar-refractivity contribution in [2.24, 2.45) is 4.99 Å². The summed E-state index contributed by atoms with van der Waals surface area (Å²) in [6, 6.07) is 0. The van der Waals surface area contributed by atoms with Crippen LogP contribution in [0.1, 0.15) is 60.3 Å². The van der Waals surface area contributed by atoms with Gasteiger partial charge in [-0.3, -0.25) is 4.99 Å². The first-order chi connectivity index (χ1) is 5.93. The molecule has 0 aromatic carbocycles. The van der Waals surface area contributed by atoms with Crippen molar-refractivity contribution >= 4 is 5.71 Å². The van der Waals surface area contributed by atoms with Gasteiger partial charge in [0.25, 0.3) is 0 Å². The quantitative estimate of drug-likeness (QED) is 0.594. The van der Waals surface area contributed by atoms with Crippen LogP contribution >= 0.6 is 0 Å². The van der Waals surface area contributed by atoms with Crippen LogP contribution in [0.15, 0.2) is 4.99 Å². The van der Waals surface area contributed by atoms with Gasteiger partial charge < -0.3 is 0 Å². The van der Waals surface area contributed by atoms with Crippen molar-refractivity contribution in [3.8, 4) is 0 Å². The lowest BCUT2D eigenvalue weighted by molar-refractivity contribution is 0.936. The highest BCUT2D eigenvalue weighted by molar-refractivity contribution is 5.85. The van der Waals surface area contributed by atoms with Gasteiger partial charge in [0.1, 0.15) is 0 Å². The second kappa shape index (κ2) is 13.3. The van der Waals surface area contributed by atoms with Gasteiger partial charge >= 0.3 is 0 Å². The van der Waals surface area contributed by atoms with Gasteiger partial charge in [0, 0.05) is 12.3 Å². The molecule has 0 unspecified atom stereocenters. The Morgan fingerprint density at radius 3 is 2.08 bits per heavy atom. The van der Waals surface area contributed by atoms with Crippen LogP contribution in [0, 0.1) is 0 Å². The maximum Gasteiger partial charge on any atom is 0.0392 e. The summed E-state index contributed by atoms with van der Waals surface area (Å²) in [6.45, 7) is 11.3. The van der Waals surface area contributed by atoms with Crippen molar-refractivity contribution in [2.75, 3.05) is 6.54 Å². The second-order valence-corrected chi connectivity index (χ2v) is 2.30. The van der Waals surface area contributed by atoms with Crippen LogP contribution in [0.25, 0.3) is 0 Å². The van der Waals surface area contributed by atoms with Gasteiger partial charge in [0.2, 0.25) is 0 Å². The second-order valence-electron chi connectivity index (χ2n) is 2.30. The van der Waals surface area contributed by atoms with Crippen LogP contribution in [-0.2, 0) is 0 Å². The van der Waals surface area contributed by atoms with E-state index in [1.807, 2.05) is 27.7 Å². The van der Waals surface area contributed by atoms with E-state index in [0.29, 0.717) is 0 Å². The van der Waals surface area contributed by atoms with Crippen molar-refractivity contribution in [3.05, 3.63) is 0 Å². The Labute approximate surface area is 78.3 Å². The minimum atomic E-state index is 1.09. The molecule has 0 aromatic heterocycles. The van der Waals surface area contributed by atoms with E-state index in [2.05, 4.69) is 11.9 Å². The molecule has 0 spiro atoms. The third-order valence-electron chi connectivity index (χ3n) is 1.50. The minimum absolute atomic E-state index is 1.09. The molecule has 0 aliphatic carbocycles. The molecule has 0 saturated carbocycles. The predicted molar refractivity (Wildman–Crippen MR) is 59.1 cm³/mol. The fourth-order valence-corrected chi connectivity index (χ4v) is 1.09. The molecule has 1 heteroatoms. The van der Waals surface area contributed by atoms with Gasteiger partial charge in [-0.15, -0.1) is 0 Å². The summed E-state index contributed by atoms with van der Waals surface area (Å²) in [7, 11) is 0. The molecule has 0 aromatic rings. The fraction of sp³-hybridized carbons (Fsp3) is 0.909. The van der Waals surface area contributed by atoms with E-state index in [9.17, 15) is 0 Å². The number of hydrogen-bond acceptors (Lipinski definition) is 1. The molecule has 1 aliphatic heterocycles. The largest absolute Gasteiger partial charge is 0.294 e. The summed E-state index contributed by atoms with van der Waals surface area (Å²) >= 11 is 0. The van der Waals surface area contributed by atoms with Crippen molar-refractivity contribution in [1.82, 2.24) is 0 Å². The molecule has 74 valence electrons. The molecule has 0 N–H and O–H groups in total. The molecule has 0 radical (unpaired) electrons. The lowest BCUT2D eigenvalue weighted by Gasteiger charge is -1.91. The summed E-state index contributed by atoms with van der Waals surface area (Å²) in [4.78, 5) is 4.34. The molecule has 1 rings (SSSR count). The molecular formula is C11H25N. The maximum absolute atomic E-state index is 4.34. The van der Waals surface area contributed by atoms with Gasteiger partial charge in [-0.05, 0) is 19.3 Å². The predicted octanol–water partition coefficient (Wildman–Crippen LogP) is 4.07. The van der Waals surface area contributed by atoms with Crippen molar-refractivity contribution < 1.29 is 0 Å². The van der Waals surface area contributed by atoms with Crippen LogP contribution in [0.3, 0.4) is 0 Å². The first-order valence-corrected chi connectivity index (χ1v) is 5.45. The van der Waals surface area contributed by atoms with Crippen LogP contribution < -0.4 is 0 Å². The molecule has 1 heterocycles. The molecule has 0 bridgehead atoms. The minimum Gasteiger partial charge on any atom is -0.294 e. The first-order valence-electron chi connectivity index (χ1n) is 5.45. The molecule has 0 amide bonds. The highest BCUT2D eigenvalue weighted by Crippen LogP contribution is 2.07. The van der Waals surface area contributed by atoms with Crippen LogP contribution in [0.5, 0.6) is 0 Å². The fourth-order valence-electron chi connectivity index (χ4n) is 1.09. The Morgan fingerprint density at radius 2 is 1.75 bits per heavy atom. The first kappa shape index (κ1) is 14.2. The Kier molecular flexibility index (Phi) is 15.7. The Morgan fingerprint density at radius 1 is 1.17 bits per heavy atom.